The SMILES string of the molecule is Cc1ccc(NC(=O)C=Cc2c(F)cccc2Cl)cc1Cl. The average molecular weight is 324 g/mol. The molecule has 21 heavy (non-hydrogen) atoms. The lowest BCUT2D eigenvalue weighted by molar-refractivity contribution is -0.111. The number of hydrogen-bond donors (Lipinski definition) is 1. The van der Waals surface area contributed by atoms with E-state index in [1.165, 1.54) is 24.3 Å². The molecule has 0 aliphatic heterocycles. The van der Waals surface area contributed by atoms with Crippen LogP contribution in [0.3, 0.4) is 0 Å². The Hall–Kier alpha value is -1.84. The Bertz CT molecular complexity index is 693. The molecule has 0 radical (unpaired) electrons. The summed E-state index contributed by atoms with van der Waals surface area (Å²) in [5, 5.41) is 3.45. The zero-order valence-electron chi connectivity index (χ0n) is 11.2. The monoisotopic (exact) mass is 323 g/mol. The molecule has 0 aromatic heterocycles. The number of aryl methyl sites for hydroxylation is 1. The number of carbonyl (C=O) groups excluding carboxylic acids is 1. The van der Waals surface area contributed by atoms with E-state index in [4.69, 9.17) is 23.2 Å². The Kier molecular flexibility index (Phi) is 4.99. The molecule has 2 nitrogen and oxygen atoms in total. The zero-order valence-corrected chi connectivity index (χ0v) is 12.7. The third-order valence-electron chi connectivity index (χ3n) is 2.84. The Morgan fingerprint density at radius 1 is 1.19 bits per heavy atom. The highest BCUT2D eigenvalue weighted by molar-refractivity contribution is 6.32. The van der Waals surface area contributed by atoms with Gasteiger partial charge in [-0.15, -0.1) is 0 Å². The molecule has 0 saturated heterocycles. The normalized spacial score (nSPS) is 10.9. The van der Waals surface area contributed by atoms with Crippen molar-refractivity contribution in [1.82, 2.24) is 0 Å². The number of benzene rings is 2. The van der Waals surface area contributed by atoms with Crippen LogP contribution in [0.5, 0.6) is 0 Å². The molecule has 1 N–H and O–H groups in total. The van der Waals surface area contributed by atoms with Gasteiger partial charge in [0.1, 0.15) is 5.82 Å². The second-order valence-corrected chi connectivity index (χ2v) is 5.24. The van der Waals surface area contributed by atoms with Crippen LogP contribution in [-0.2, 0) is 4.79 Å². The largest absolute Gasteiger partial charge is 0.322 e. The summed E-state index contributed by atoms with van der Waals surface area (Å²) in [5.41, 5.74) is 1.67. The van der Waals surface area contributed by atoms with E-state index < -0.39 is 11.7 Å². The molecule has 0 heterocycles. The molecule has 0 saturated carbocycles. The van der Waals surface area contributed by atoms with Crippen LogP contribution in [0.25, 0.3) is 6.08 Å². The Morgan fingerprint density at radius 3 is 2.62 bits per heavy atom. The fraction of sp³-hybridized carbons (Fsp3) is 0.0625. The molecule has 5 heteroatoms. The molecule has 0 bridgehead atoms. The third-order valence-corrected chi connectivity index (χ3v) is 3.58. The number of carbonyl (C=O) groups is 1. The van der Waals surface area contributed by atoms with Crippen LogP contribution in [0, 0.1) is 12.7 Å². The van der Waals surface area contributed by atoms with Gasteiger partial charge in [0.25, 0.3) is 0 Å². The minimum Gasteiger partial charge on any atom is -0.322 e. The molecule has 0 aliphatic rings. The van der Waals surface area contributed by atoms with Gasteiger partial charge in [0.05, 0.1) is 5.02 Å². The van der Waals surface area contributed by atoms with Crippen molar-refractivity contribution in [2.45, 2.75) is 6.92 Å². The first-order valence-electron chi connectivity index (χ1n) is 6.16. The van der Waals surface area contributed by atoms with Crippen molar-refractivity contribution < 1.29 is 9.18 Å². The molecule has 0 fully saturated rings. The van der Waals surface area contributed by atoms with Crippen molar-refractivity contribution in [1.29, 1.82) is 0 Å². The van der Waals surface area contributed by atoms with Gasteiger partial charge in [-0.1, -0.05) is 35.3 Å². The average Bonchev–Trinajstić information content (AvgIpc) is 2.42. The number of rotatable bonds is 3. The fourth-order valence-electron chi connectivity index (χ4n) is 1.68. The van der Waals surface area contributed by atoms with Crippen molar-refractivity contribution in [3.05, 3.63) is 69.5 Å². The number of hydrogen-bond acceptors (Lipinski definition) is 1. The molecule has 0 atom stereocenters. The highest BCUT2D eigenvalue weighted by Gasteiger charge is 2.05. The van der Waals surface area contributed by atoms with E-state index in [0.29, 0.717) is 10.7 Å². The zero-order chi connectivity index (χ0) is 15.4. The van der Waals surface area contributed by atoms with Crippen LogP contribution in [-0.4, -0.2) is 5.91 Å². The smallest absolute Gasteiger partial charge is 0.248 e. The predicted octanol–water partition coefficient (Wildman–Crippen LogP) is 5.09. The van der Waals surface area contributed by atoms with E-state index in [2.05, 4.69) is 5.32 Å². The highest BCUT2D eigenvalue weighted by atomic mass is 35.5. The van der Waals surface area contributed by atoms with Crippen molar-refractivity contribution in [3.8, 4) is 0 Å². The van der Waals surface area contributed by atoms with Gasteiger partial charge in [0.15, 0.2) is 0 Å². The van der Waals surface area contributed by atoms with Gasteiger partial charge in [0, 0.05) is 22.3 Å². The Morgan fingerprint density at radius 2 is 1.95 bits per heavy atom. The van der Waals surface area contributed by atoms with Gasteiger partial charge in [-0.3, -0.25) is 4.79 Å². The highest BCUT2D eigenvalue weighted by Crippen LogP contribution is 2.21. The topological polar surface area (TPSA) is 29.1 Å². The second kappa shape index (κ2) is 6.74. The van der Waals surface area contributed by atoms with Crippen LogP contribution in [0.1, 0.15) is 11.1 Å². The molecule has 1 amide bonds. The Labute approximate surface area is 132 Å². The molecule has 2 aromatic carbocycles. The summed E-state index contributed by atoms with van der Waals surface area (Å²) < 4.78 is 13.5. The van der Waals surface area contributed by atoms with Crippen LogP contribution in [0.2, 0.25) is 10.0 Å². The number of anilines is 1. The molecule has 108 valence electrons. The Balaban J connectivity index is 2.11. The van der Waals surface area contributed by atoms with E-state index in [-0.39, 0.29) is 10.6 Å². The van der Waals surface area contributed by atoms with E-state index in [1.807, 2.05) is 6.92 Å². The van der Waals surface area contributed by atoms with E-state index in [0.717, 1.165) is 5.56 Å². The van der Waals surface area contributed by atoms with Crippen LogP contribution in [0.15, 0.2) is 42.5 Å². The molecule has 0 spiro atoms. The maximum absolute atomic E-state index is 13.5. The molecular weight excluding hydrogens is 312 g/mol. The molecule has 2 rings (SSSR count). The number of amides is 1. The predicted molar refractivity (Wildman–Crippen MR) is 85.3 cm³/mol. The maximum atomic E-state index is 13.5. The lowest BCUT2D eigenvalue weighted by Crippen LogP contribution is -2.07. The first-order chi connectivity index (χ1) is 9.97. The molecule has 0 aliphatic carbocycles. The van der Waals surface area contributed by atoms with Crippen molar-refractivity contribution in [3.63, 3.8) is 0 Å². The molecule has 2 aromatic rings. The van der Waals surface area contributed by atoms with Crippen molar-refractivity contribution in [2.75, 3.05) is 5.32 Å². The van der Waals surface area contributed by atoms with Gasteiger partial charge in [0.2, 0.25) is 5.91 Å². The summed E-state index contributed by atoms with van der Waals surface area (Å²) in [4.78, 5) is 11.8. The van der Waals surface area contributed by atoms with E-state index in [9.17, 15) is 9.18 Å². The van der Waals surface area contributed by atoms with E-state index >= 15 is 0 Å². The minimum absolute atomic E-state index is 0.177. The lowest BCUT2D eigenvalue weighted by Gasteiger charge is -2.04. The fourth-order valence-corrected chi connectivity index (χ4v) is 2.09. The van der Waals surface area contributed by atoms with Crippen molar-refractivity contribution in [2.24, 2.45) is 0 Å². The van der Waals surface area contributed by atoms with Gasteiger partial charge in [-0.25, -0.2) is 4.39 Å². The molecular formula is C16H12Cl2FNO. The summed E-state index contributed by atoms with van der Waals surface area (Å²) in [6.45, 7) is 1.87. The van der Waals surface area contributed by atoms with Gasteiger partial charge in [-0.2, -0.15) is 0 Å². The maximum Gasteiger partial charge on any atom is 0.248 e. The molecule has 0 unspecified atom stereocenters. The van der Waals surface area contributed by atoms with Gasteiger partial charge < -0.3 is 5.32 Å². The van der Waals surface area contributed by atoms with Crippen molar-refractivity contribution >= 4 is 40.9 Å². The minimum atomic E-state index is -0.482. The third kappa shape index (κ3) is 4.06. The van der Waals surface area contributed by atoms with Gasteiger partial charge >= 0.3 is 0 Å². The van der Waals surface area contributed by atoms with Crippen LogP contribution >= 0.6 is 23.2 Å². The summed E-state index contributed by atoms with van der Waals surface area (Å²) in [7, 11) is 0. The first-order valence-corrected chi connectivity index (χ1v) is 6.92. The first kappa shape index (κ1) is 15.5. The second-order valence-electron chi connectivity index (χ2n) is 4.42. The van der Waals surface area contributed by atoms with E-state index in [1.54, 1.807) is 24.3 Å². The standard InChI is InChI=1S/C16H12Cl2FNO/c1-10-5-6-11(9-14(10)18)20-16(21)8-7-12-13(17)3-2-4-15(12)19/h2-9H,1H3,(H,20,21). The number of nitrogens with one attached hydrogen (secondary N) is 1. The summed E-state index contributed by atoms with van der Waals surface area (Å²) >= 11 is 11.8. The van der Waals surface area contributed by atoms with Crippen LogP contribution in [0.4, 0.5) is 10.1 Å². The van der Waals surface area contributed by atoms with Gasteiger partial charge in [-0.05, 0) is 42.8 Å². The lowest BCUT2D eigenvalue weighted by atomic mass is 10.2. The summed E-state index contributed by atoms with van der Waals surface area (Å²) in [5.74, 6) is -0.876. The number of halogens is 3. The van der Waals surface area contributed by atoms with Crippen LogP contribution < -0.4 is 5.32 Å². The summed E-state index contributed by atoms with van der Waals surface area (Å²) in [6.07, 6.45) is 2.56. The quantitative estimate of drug-likeness (QED) is 0.783. The summed E-state index contributed by atoms with van der Waals surface area (Å²) in [6, 6.07) is 9.53.